The quantitative estimate of drug-likeness (QED) is 0.810. The van der Waals surface area contributed by atoms with Crippen molar-refractivity contribution in [2.75, 3.05) is 19.7 Å². The van der Waals surface area contributed by atoms with E-state index in [2.05, 4.69) is 24.0 Å². The average molecular weight is 341 g/mol. The lowest BCUT2D eigenvalue weighted by molar-refractivity contribution is -0.133. The van der Waals surface area contributed by atoms with E-state index in [4.69, 9.17) is 4.74 Å². The van der Waals surface area contributed by atoms with Crippen LogP contribution in [0.2, 0.25) is 0 Å². The monoisotopic (exact) mass is 341 g/mol. The molecular weight excluding hydrogens is 314 g/mol. The number of hydrogen-bond acceptors (Lipinski definition) is 3. The van der Waals surface area contributed by atoms with Crippen LogP contribution in [0.15, 0.2) is 36.7 Å². The van der Waals surface area contributed by atoms with Gasteiger partial charge in [0.1, 0.15) is 11.6 Å². The van der Waals surface area contributed by atoms with Crippen molar-refractivity contribution in [2.45, 2.75) is 39.7 Å². The van der Waals surface area contributed by atoms with Gasteiger partial charge in [-0.25, -0.2) is 4.98 Å². The SMILES string of the molecule is Cc1ccc(OC[C@H]2CCCN(C(=O)CCn3ccnc3C)C2)cc1. The number of carbonyl (C=O) groups excluding carboxylic acids is 1. The molecule has 5 nitrogen and oxygen atoms in total. The van der Waals surface area contributed by atoms with E-state index >= 15 is 0 Å². The Morgan fingerprint density at radius 1 is 1.28 bits per heavy atom. The molecule has 1 aromatic carbocycles. The summed E-state index contributed by atoms with van der Waals surface area (Å²) in [5, 5.41) is 0. The molecule has 0 bridgehead atoms. The van der Waals surface area contributed by atoms with Crippen LogP contribution in [0.4, 0.5) is 0 Å². The molecule has 1 amide bonds. The molecule has 0 aliphatic carbocycles. The molecule has 0 unspecified atom stereocenters. The first kappa shape index (κ1) is 17.5. The largest absolute Gasteiger partial charge is 0.493 e. The highest BCUT2D eigenvalue weighted by Crippen LogP contribution is 2.20. The number of hydrogen-bond donors (Lipinski definition) is 0. The fraction of sp³-hybridized carbons (Fsp3) is 0.500. The molecule has 0 spiro atoms. The first-order valence-electron chi connectivity index (χ1n) is 9.07. The van der Waals surface area contributed by atoms with E-state index in [1.54, 1.807) is 6.20 Å². The Morgan fingerprint density at radius 2 is 2.08 bits per heavy atom. The summed E-state index contributed by atoms with van der Waals surface area (Å²) < 4.78 is 7.94. The van der Waals surface area contributed by atoms with Gasteiger partial charge in [0.25, 0.3) is 0 Å². The zero-order valence-corrected chi connectivity index (χ0v) is 15.1. The summed E-state index contributed by atoms with van der Waals surface area (Å²) in [6.45, 7) is 7.07. The van der Waals surface area contributed by atoms with Gasteiger partial charge in [-0.15, -0.1) is 0 Å². The smallest absolute Gasteiger partial charge is 0.224 e. The van der Waals surface area contributed by atoms with Crippen LogP contribution in [0.25, 0.3) is 0 Å². The van der Waals surface area contributed by atoms with Crippen LogP contribution in [-0.2, 0) is 11.3 Å². The van der Waals surface area contributed by atoms with Gasteiger partial charge in [-0.05, 0) is 38.8 Å². The number of imidazole rings is 1. The zero-order chi connectivity index (χ0) is 17.6. The Morgan fingerprint density at radius 3 is 2.80 bits per heavy atom. The van der Waals surface area contributed by atoms with Crippen LogP contribution < -0.4 is 4.74 Å². The minimum absolute atomic E-state index is 0.230. The molecule has 1 saturated heterocycles. The van der Waals surface area contributed by atoms with Crippen molar-refractivity contribution < 1.29 is 9.53 Å². The van der Waals surface area contributed by atoms with Crippen LogP contribution in [0.5, 0.6) is 5.75 Å². The van der Waals surface area contributed by atoms with Crippen LogP contribution in [-0.4, -0.2) is 40.1 Å². The van der Waals surface area contributed by atoms with Gasteiger partial charge in [-0.3, -0.25) is 4.79 Å². The number of amides is 1. The maximum Gasteiger partial charge on any atom is 0.224 e. The van der Waals surface area contributed by atoms with Gasteiger partial charge < -0.3 is 14.2 Å². The van der Waals surface area contributed by atoms with Crippen molar-refractivity contribution in [3.63, 3.8) is 0 Å². The minimum Gasteiger partial charge on any atom is -0.493 e. The molecule has 0 N–H and O–H groups in total. The second-order valence-electron chi connectivity index (χ2n) is 6.89. The Balaban J connectivity index is 1.46. The molecule has 0 saturated carbocycles. The summed E-state index contributed by atoms with van der Waals surface area (Å²) in [6.07, 6.45) is 6.41. The number of nitrogens with zero attached hydrogens (tertiary/aromatic N) is 3. The van der Waals surface area contributed by atoms with Crippen molar-refractivity contribution in [1.82, 2.24) is 14.5 Å². The molecule has 134 valence electrons. The molecule has 2 aromatic rings. The predicted octanol–water partition coefficient (Wildman–Crippen LogP) is 3.21. The highest BCUT2D eigenvalue weighted by Gasteiger charge is 2.24. The standard InChI is InChI=1S/C20H27N3O2/c1-16-5-7-19(8-6-16)25-15-18-4-3-11-23(14-18)20(24)9-12-22-13-10-21-17(22)2/h5-8,10,13,18H,3-4,9,11-12,14-15H2,1-2H3/t18-/m0/s1. The van der Waals surface area contributed by atoms with E-state index in [-0.39, 0.29) is 5.91 Å². The highest BCUT2D eigenvalue weighted by atomic mass is 16.5. The number of carbonyl (C=O) groups is 1. The lowest BCUT2D eigenvalue weighted by Crippen LogP contribution is -2.41. The zero-order valence-electron chi connectivity index (χ0n) is 15.1. The highest BCUT2D eigenvalue weighted by molar-refractivity contribution is 5.76. The third-order valence-electron chi connectivity index (χ3n) is 4.87. The molecule has 5 heteroatoms. The fourth-order valence-corrected chi connectivity index (χ4v) is 3.29. The van der Waals surface area contributed by atoms with E-state index in [0.717, 1.165) is 37.5 Å². The van der Waals surface area contributed by atoms with Crippen LogP contribution in [0.1, 0.15) is 30.7 Å². The van der Waals surface area contributed by atoms with E-state index in [1.807, 2.05) is 34.7 Å². The molecule has 1 atom stereocenters. The number of piperidine rings is 1. The number of benzene rings is 1. The number of rotatable bonds is 6. The Hall–Kier alpha value is -2.30. The number of aryl methyl sites for hydroxylation is 3. The Labute approximate surface area is 149 Å². The molecule has 1 aliphatic heterocycles. The number of aromatic nitrogens is 2. The van der Waals surface area contributed by atoms with Crippen LogP contribution in [0, 0.1) is 19.8 Å². The maximum absolute atomic E-state index is 12.5. The topological polar surface area (TPSA) is 47.4 Å². The molecular formula is C20H27N3O2. The normalized spacial score (nSPS) is 17.5. The second kappa shape index (κ2) is 8.19. The molecule has 1 aromatic heterocycles. The maximum atomic E-state index is 12.5. The van der Waals surface area contributed by atoms with Crippen molar-refractivity contribution >= 4 is 5.91 Å². The molecule has 25 heavy (non-hydrogen) atoms. The summed E-state index contributed by atoms with van der Waals surface area (Å²) in [4.78, 5) is 18.7. The molecule has 1 fully saturated rings. The summed E-state index contributed by atoms with van der Waals surface area (Å²) in [5.74, 6) is 2.50. The van der Waals surface area contributed by atoms with Crippen LogP contribution >= 0.6 is 0 Å². The van der Waals surface area contributed by atoms with Gasteiger partial charge in [0.2, 0.25) is 5.91 Å². The molecule has 3 rings (SSSR count). The second-order valence-corrected chi connectivity index (χ2v) is 6.89. The summed E-state index contributed by atoms with van der Waals surface area (Å²) in [7, 11) is 0. The van der Waals surface area contributed by atoms with Crippen molar-refractivity contribution in [3.05, 3.63) is 48.0 Å². The molecule has 0 radical (unpaired) electrons. The minimum atomic E-state index is 0.230. The molecule has 2 heterocycles. The van der Waals surface area contributed by atoms with Gasteiger partial charge >= 0.3 is 0 Å². The third kappa shape index (κ3) is 4.84. The van der Waals surface area contributed by atoms with E-state index in [1.165, 1.54) is 5.56 Å². The Kier molecular flexibility index (Phi) is 5.74. The van der Waals surface area contributed by atoms with Crippen molar-refractivity contribution in [3.8, 4) is 5.75 Å². The van der Waals surface area contributed by atoms with Crippen LogP contribution in [0.3, 0.4) is 0 Å². The first-order valence-corrected chi connectivity index (χ1v) is 9.07. The van der Waals surface area contributed by atoms with Gasteiger partial charge in [0.15, 0.2) is 0 Å². The first-order chi connectivity index (χ1) is 12.1. The average Bonchev–Trinajstić information content (AvgIpc) is 3.04. The molecule has 1 aliphatic rings. The summed E-state index contributed by atoms with van der Waals surface area (Å²) in [5.41, 5.74) is 1.23. The Bertz CT molecular complexity index is 693. The summed E-state index contributed by atoms with van der Waals surface area (Å²) in [6, 6.07) is 8.14. The van der Waals surface area contributed by atoms with Gasteiger partial charge in [-0.1, -0.05) is 17.7 Å². The van der Waals surface area contributed by atoms with E-state index in [9.17, 15) is 4.79 Å². The van der Waals surface area contributed by atoms with E-state index in [0.29, 0.717) is 25.5 Å². The lowest BCUT2D eigenvalue weighted by Gasteiger charge is -2.32. The third-order valence-corrected chi connectivity index (χ3v) is 4.87. The predicted molar refractivity (Wildman–Crippen MR) is 97.6 cm³/mol. The van der Waals surface area contributed by atoms with E-state index < -0.39 is 0 Å². The number of ether oxygens (including phenoxy) is 1. The lowest BCUT2D eigenvalue weighted by atomic mass is 9.98. The van der Waals surface area contributed by atoms with Crippen molar-refractivity contribution in [1.29, 1.82) is 0 Å². The van der Waals surface area contributed by atoms with Crippen molar-refractivity contribution in [2.24, 2.45) is 5.92 Å². The van der Waals surface area contributed by atoms with Gasteiger partial charge in [0.05, 0.1) is 6.61 Å². The summed E-state index contributed by atoms with van der Waals surface area (Å²) >= 11 is 0. The van der Waals surface area contributed by atoms with Gasteiger partial charge in [0, 0.05) is 44.4 Å². The number of likely N-dealkylation sites (tertiary alicyclic amines) is 1. The fourth-order valence-electron chi connectivity index (χ4n) is 3.29. The van der Waals surface area contributed by atoms with Gasteiger partial charge in [-0.2, -0.15) is 0 Å².